The van der Waals surface area contributed by atoms with Crippen LogP contribution >= 0.6 is 0 Å². The van der Waals surface area contributed by atoms with Crippen LogP contribution < -0.4 is 4.90 Å². The summed E-state index contributed by atoms with van der Waals surface area (Å²) in [5.41, 5.74) is 2.07. The second kappa shape index (κ2) is 7.01. The van der Waals surface area contributed by atoms with Crippen LogP contribution in [0.2, 0.25) is 0 Å². The summed E-state index contributed by atoms with van der Waals surface area (Å²) < 4.78 is 5.14. The molecule has 6 nitrogen and oxygen atoms in total. The van der Waals surface area contributed by atoms with Gasteiger partial charge in [0.15, 0.2) is 0 Å². The van der Waals surface area contributed by atoms with Crippen molar-refractivity contribution in [2.45, 2.75) is 33.1 Å². The van der Waals surface area contributed by atoms with E-state index in [4.69, 9.17) is 4.74 Å². The molecule has 1 aromatic heterocycles. The van der Waals surface area contributed by atoms with Crippen molar-refractivity contribution in [1.29, 1.82) is 5.26 Å². The molecule has 0 aliphatic carbocycles. The first kappa shape index (κ1) is 17.7. The average Bonchev–Trinajstić information content (AvgIpc) is 3.01. The number of carbonyl (C=O) groups is 1. The maximum absolute atomic E-state index is 13.0. The van der Waals surface area contributed by atoms with Gasteiger partial charge >= 0.3 is 0 Å². The van der Waals surface area contributed by atoms with Gasteiger partial charge in [0.2, 0.25) is 5.91 Å². The van der Waals surface area contributed by atoms with Crippen LogP contribution in [0.3, 0.4) is 0 Å². The van der Waals surface area contributed by atoms with Gasteiger partial charge < -0.3 is 14.5 Å². The highest BCUT2D eigenvalue weighted by atomic mass is 16.5. The molecule has 0 aromatic carbocycles. The Balaban J connectivity index is 1.79. The molecule has 2 aliphatic rings. The molecule has 25 heavy (non-hydrogen) atoms. The summed E-state index contributed by atoms with van der Waals surface area (Å²) in [5.74, 6) is 1.15. The number of piperidine rings is 1. The molecule has 1 amide bonds. The standard InChI is InChI=1S/C19H26N4O2/c1-14-11-17(21-15(2)16(14)12-20)23-8-6-19(13-23)5-4-7-22(18(19)24)9-10-25-3/h11H,4-10,13H2,1-3H3/t19-/m1/s1. The summed E-state index contributed by atoms with van der Waals surface area (Å²) in [6.45, 7) is 7.46. The predicted molar refractivity (Wildman–Crippen MR) is 95.4 cm³/mol. The Bertz CT molecular complexity index is 689. The van der Waals surface area contributed by atoms with Crippen LogP contribution in [0.15, 0.2) is 6.07 Å². The van der Waals surface area contributed by atoms with Gasteiger partial charge in [-0.3, -0.25) is 4.79 Å². The Hall–Kier alpha value is -2.13. The van der Waals surface area contributed by atoms with E-state index in [1.165, 1.54) is 0 Å². The Labute approximate surface area is 149 Å². The molecule has 2 fully saturated rings. The van der Waals surface area contributed by atoms with E-state index in [-0.39, 0.29) is 11.3 Å². The van der Waals surface area contributed by atoms with Crippen molar-refractivity contribution in [1.82, 2.24) is 9.88 Å². The lowest BCUT2D eigenvalue weighted by Gasteiger charge is -2.39. The molecule has 0 N–H and O–H groups in total. The fraction of sp³-hybridized carbons (Fsp3) is 0.632. The number of nitriles is 1. The lowest BCUT2D eigenvalue weighted by atomic mass is 9.78. The van der Waals surface area contributed by atoms with Crippen molar-refractivity contribution >= 4 is 11.7 Å². The number of nitrogens with zero attached hydrogens (tertiary/aromatic N) is 4. The third-order valence-corrected chi connectivity index (χ3v) is 5.56. The van der Waals surface area contributed by atoms with Crippen LogP contribution in [0.5, 0.6) is 0 Å². The summed E-state index contributed by atoms with van der Waals surface area (Å²) in [5, 5.41) is 9.22. The molecule has 134 valence electrons. The van der Waals surface area contributed by atoms with Crippen molar-refractivity contribution in [2.24, 2.45) is 5.41 Å². The molecule has 3 rings (SSSR count). The summed E-state index contributed by atoms with van der Waals surface area (Å²) in [6, 6.07) is 4.19. The highest BCUT2D eigenvalue weighted by Crippen LogP contribution is 2.41. The monoisotopic (exact) mass is 342 g/mol. The second-order valence-corrected chi connectivity index (χ2v) is 7.21. The second-order valence-electron chi connectivity index (χ2n) is 7.21. The number of hydrogen-bond donors (Lipinski definition) is 0. The van der Waals surface area contributed by atoms with E-state index in [0.717, 1.165) is 49.4 Å². The zero-order chi connectivity index (χ0) is 18.0. The van der Waals surface area contributed by atoms with Crippen molar-refractivity contribution in [2.75, 3.05) is 44.8 Å². The molecule has 1 aromatic rings. The van der Waals surface area contributed by atoms with E-state index in [1.54, 1.807) is 7.11 Å². The third-order valence-electron chi connectivity index (χ3n) is 5.56. The number of pyridine rings is 1. The number of likely N-dealkylation sites (tertiary alicyclic amines) is 1. The number of ether oxygens (including phenoxy) is 1. The van der Waals surface area contributed by atoms with E-state index < -0.39 is 0 Å². The topological polar surface area (TPSA) is 69.5 Å². The first-order valence-electron chi connectivity index (χ1n) is 8.92. The highest BCUT2D eigenvalue weighted by Gasteiger charge is 2.48. The highest BCUT2D eigenvalue weighted by molar-refractivity contribution is 5.85. The molecule has 6 heteroatoms. The van der Waals surface area contributed by atoms with Crippen molar-refractivity contribution in [3.8, 4) is 6.07 Å². The number of amides is 1. The van der Waals surface area contributed by atoms with Crippen LogP contribution in [0.25, 0.3) is 0 Å². The zero-order valence-corrected chi connectivity index (χ0v) is 15.3. The maximum atomic E-state index is 13.0. The normalized spacial score (nSPS) is 23.4. The number of carbonyl (C=O) groups excluding carboxylic acids is 1. The van der Waals surface area contributed by atoms with Gasteiger partial charge in [0.05, 0.1) is 23.3 Å². The van der Waals surface area contributed by atoms with E-state index in [2.05, 4.69) is 16.0 Å². The average molecular weight is 342 g/mol. The number of aryl methyl sites for hydroxylation is 2. The summed E-state index contributed by atoms with van der Waals surface area (Å²) in [6.07, 6.45) is 2.86. The van der Waals surface area contributed by atoms with Crippen LogP contribution in [-0.2, 0) is 9.53 Å². The molecule has 0 saturated carbocycles. The van der Waals surface area contributed by atoms with E-state index in [9.17, 15) is 10.1 Å². The maximum Gasteiger partial charge on any atom is 0.230 e. The quantitative estimate of drug-likeness (QED) is 0.837. The predicted octanol–water partition coefficient (Wildman–Crippen LogP) is 2.04. The van der Waals surface area contributed by atoms with E-state index in [0.29, 0.717) is 25.3 Å². The summed E-state index contributed by atoms with van der Waals surface area (Å²) in [7, 11) is 1.67. The molecule has 2 saturated heterocycles. The van der Waals surface area contributed by atoms with Crippen LogP contribution in [0, 0.1) is 30.6 Å². The van der Waals surface area contributed by atoms with Crippen LogP contribution in [0.4, 0.5) is 5.82 Å². The largest absolute Gasteiger partial charge is 0.383 e. The number of aromatic nitrogens is 1. The summed E-state index contributed by atoms with van der Waals surface area (Å²) in [4.78, 5) is 21.8. The molecule has 0 radical (unpaired) electrons. The van der Waals surface area contributed by atoms with Crippen molar-refractivity contribution in [3.63, 3.8) is 0 Å². The van der Waals surface area contributed by atoms with Gasteiger partial charge in [-0.2, -0.15) is 5.26 Å². The Morgan fingerprint density at radius 1 is 1.36 bits per heavy atom. The third kappa shape index (κ3) is 3.21. The molecule has 1 spiro atoms. The van der Waals surface area contributed by atoms with Gasteiger partial charge in [-0.05, 0) is 44.7 Å². The molecule has 3 heterocycles. The molecular formula is C19H26N4O2. The molecule has 1 atom stereocenters. The molecular weight excluding hydrogens is 316 g/mol. The minimum atomic E-state index is -0.288. The van der Waals surface area contributed by atoms with Gasteiger partial charge in [-0.15, -0.1) is 0 Å². The zero-order valence-electron chi connectivity index (χ0n) is 15.3. The van der Waals surface area contributed by atoms with Gasteiger partial charge in [0, 0.05) is 33.3 Å². The number of hydrogen-bond acceptors (Lipinski definition) is 5. The van der Waals surface area contributed by atoms with Crippen molar-refractivity contribution in [3.05, 3.63) is 22.9 Å². The minimum Gasteiger partial charge on any atom is -0.383 e. The first-order valence-corrected chi connectivity index (χ1v) is 8.92. The van der Waals surface area contributed by atoms with Gasteiger partial charge in [-0.25, -0.2) is 4.98 Å². The van der Waals surface area contributed by atoms with Gasteiger partial charge in [0.25, 0.3) is 0 Å². The van der Waals surface area contributed by atoms with Gasteiger partial charge in [-0.1, -0.05) is 0 Å². The smallest absolute Gasteiger partial charge is 0.230 e. The molecule has 2 aliphatic heterocycles. The lowest BCUT2D eigenvalue weighted by Crippen LogP contribution is -2.51. The number of methoxy groups -OCH3 is 1. The lowest BCUT2D eigenvalue weighted by molar-refractivity contribution is -0.145. The SMILES string of the molecule is COCCN1CCC[C@]2(CCN(c3cc(C)c(C#N)c(C)n3)C2)C1=O. The summed E-state index contributed by atoms with van der Waals surface area (Å²) >= 11 is 0. The Kier molecular flexibility index (Phi) is 4.96. The van der Waals surface area contributed by atoms with Crippen LogP contribution in [-0.4, -0.2) is 55.7 Å². The minimum absolute atomic E-state index is 0.264. The first-order chi connectivity index (χ1) is 12.0. The van der Waals surface area contributed by atoms with Crippen molar-refractivity contribution < 1.29 is 9.53 Å². The number of anilines is 1. The molecule has 0 bridgehead atoms. The fourth-order valence-corrected chi connectivity index (χ4v) is 4.16. The van der Waals surface area contributed by atoms with E-state index >= 15 is 0 Å². The van der Waals surface area contributed by atoms with E-state index in [1.807, 2.05) is 24.8 Å². The van der Waals surface area contributed by atoms with Crippen LogP contribution in [0.1, 0.15) is 36.1 Å². The number of rotatable bonds is 4. The Morgan fingerprint density at radius 3 is 2.84 bits per heavy atom. The van der Waals surface area contributed by atoms with Gasteiger partial charge in [0.1, 0.15) is 11.9 Å². The fourth-order valence-electron chi connectivity index (χ4n) is 4.16. The Morgan fingerprint density at radius 2 is 2.16 bits per heavy atom. The molecule has 0 unspecified atom stereocenters.